The van der Waals surface area contributed by atoms with Gasteiger partial charge in [0.05, 0.1) is 25.1 Å². The fourth-order valence-corrected chi connectivity index (χ4v) is 1.17. The van der Waals surface area contributed by atoms with Crippen LogP contribution in [0, 0.1) is 0 Å². The van der Waals surface area contributed by atoms with Crippen LogP contribution in [0.25, 0.3) is 0 Å². The van der Waals surface area contributed by atoms with E-state index in [4.69, 9.17) is 21.4 Å². The summed E-state index contributed by atoms with van der Waals surface area (Å²) in [6.45, 7) is 1.28. The minimum absolute atomic E-state index is 0.137. The predicted octanol–water partition coefficient (Wildman–Crippen LogP) is 0.604. The molecule has 0 radical (unpaired) electrons. The molecule has 64 valence electrons. The Labute approximate surface area is 69.7 Å². The number of halogens is 1. The van der Waals surface area contributed by atoms with Crippen LogP contribution in [0.5, 0.6) is 0 Å². The van der Waals surface area contributed by atoms with E-state index in [9.17, 15) is 4.79 Å². The maximum Gasteiger partial charge on any atom is 0.407 e. The van der Waals surface area contributed by atoms with Crippen molar-refractivity contribution in [3.63, 3.8) is 0 Å². The van der Waals surface area contributed by atoms with Crippen molar-refractivity contribution in [3.8, 4) is 0 Å². The quantitative estimate of drug-likeness (QED) is 0.600. The predicted molar refractivity (Wildman–Crippen MR) is 40.1 cm³/mol. The Morgan fingerprint density at radius 2 is 2.55 bits per heavy atom. The molecule has 0 aromatic carbocycles. The van der Waals surface area contributed by atoms with Gasteiger partial charge in [-0.2, -0.15) is 0 Å². The second-order valence-corrected chi connectivity index (χ2v) is 2.68. The average Bonchev–Trinajstić information content (AvgIpc) is 2.05. The average molecular weight is 180 g/mol. The number of morpholine rings is 1. The Bertz CT molecular complexity index is 153. The van der Waals surface area contributed by atoms with Crippen molar-refractivity contribution < 1.29 is 14.6 Å². The zero-order chi connectivity index (χ0) is 8.27. The third-order valence-electron chi connectivity index (χ3n) is 1.58. The molecular weight excluding hydrogens is 170 g/mol. The molecule has 1 rings (SSSR count). The number of carbonyl (C=O) groups is 1. The summed E-state index contributed by atoms with van der Waals surface area (Å²) in [6.07, 6.45) is -1.04. The number of alkyl halides is 1. The topological polar surface area (TPSA) is 49.8 Å². The molecule has 5 heteroatoms. The van der Waals surface area contributed by atoms with Crippen LogP contribution in [0.1, 0.15) is 0 Å². The van der Waals surface area contributed by atoms with Gasteiger partial charge in [-0.15, -0.1) is 11.6 Å². The standard InChI is InChI=1S/C6H10ClNO3/c7-3-5-4-8(6(9)10)1-2-11-5/h5H,1-4H2,(H,9,10). The van der Waals surface area contributed by atoms with Crippen molar-refractivity contribution in [1.82, 2.24) is 4.90 Å². The summed E-state index contributed by atoms with van der Waals surface area (Å²) >= 11 is 5.51. The third-order valence-corrected chi connectivity index (χ3v) is 1.93. The minimum atomic E-state index is -0.900. The third kappa shape index (κ3) is 2.24. The van der Waals surface area contributed by atoms with Gasteiger partial charge in [0.25, 0.3) is 0 Å². The fourth-order valence-electron chi connectivity index (χ4n) is 0.986. The van der Waals surface area contributed by atoms with E-state index >= 15 is 0 Å². The van der Waals surface area contributed by atoms with Gasteiger partial charge >= 0.3 is 6.09 Å². The van der Waals surface area contributed by atoms with Crippen molar-refractivity contribution >= 4 is 17.7 Å². The van der Waals surface area contributed by atoms with Crippen LogP contribution in [-0.2, 0) is 4.74 Å². The largest absolute Gasteiger partial charge is 0.465 e. The lowest BCUT2D eigenvalue weighted by Gasteiger charge is -2.29. The van der Waals surface area contributed by atoms with Crippen molar-refractivity contribution in [3.05, 3.63) is 0 Å². The highest BCUT2D eigenvalue weighted by Crippen LogP contribution is 2.06. The molecule has 1 heterocycles. The van der Waals surface area contributed by atoms with Gasteiger partial charge < -0.3 is 14.7 Å². The van der Waals surface area contributed by atoms with Crippen LogP contribution in [0.15, 0.2) is 0 Å². The molecule has 0 saturated carbocycles. The lowest BCUT2D eigenvalue weighted by molar-refractivity contribution is -0.0102. The van der Waals surface area contributed by atoms with Gasteiger partial charge in [-0.05, 0) is 0 Å². The molecule has 1 atom stereocenters. The molecule has 1 unspecified atom stereocenters. The first-order valence-electron chi connectivity index (χ1n) is 3.39. The molecule has 0 aromatic heterocycles. The second kappa shape index (κ2) is 3.78. The van der Waals surface area contributed by atoms with Crippen LogP contribution in [-0.4, -0.2) is 47.8 Å². The molecule has 1 N–H and O–H groups in total. The van der Waals surface area contributed by atoms with Gasteiger partial charge in [0.2, 0.25) is 0 Å². The molecule has 0 aromatic rings. The van der Waals surface area contributed by atoms with E-state index in [0.29, 0.717) is 25.6 Å². The Morgan fingerprint density at radius 1 is 1.82 bits per heavy atom. The summed E-state index contributed by atoms with van der Waals surface area (Å²) < 4.78 is 5.17. The number of nitrogens with zero attached hydrogens (tertiary/aromatic N) is 1. The van der Waals surface area contributed by atoms with Crippen molar-refractivity contribution in [2.45, 2.75) is 6.10 Å². The van der Waals surface area contributed by atoms with Gasteiger partial charge in [-0.25, -0.2) is 4.79 Å². The molecular formula is C6H10ClNO3. The van der Waals surface area contributed by atoms with E-state index in [1.807, 2.05) is 0 Å². The van der Waals surface area contributed by atoms with E-state index in [0.717, 1.165) is 0 Å². The SMILES string of the molecule is O=C(O)N1CCOC(CCl)C1. The zero-order valence-electron chi connectivity index (χ0n) is 5.99. The Balaban J connectivity index is 2.39. The first-order valence-corrected chi connectivity index (χ1v) is 3.93. The van der Waals surface area contributed by atoms with Gasteiger partial charge in [0.1, 0.15) is 0 Å². The smallest absolute Gasteiger partial charge is 0.407 e. The van der Waals surface area contributed by atoms with E-state index in [-0.39, 0.29) is 6.10 Å². The van der Waals surface area contributed by atoms with Crippen LogP contribution < -0.4 is 0 Å². The van der Waals surface area contributed by atoms with E-state index < -0.39 is 6.09 Å². The number of rotatable bonds is 1. The molecule has 1 aliphatic rings. The van der Waals surface area contributed by atoms with Gasteiger partial charge in [0.15, 0.2) is 0 Å². The zero-order valence-corrected chi connectivity index (χ0v) is 6.75. The Hall–Kier alpha value is -0.480. The van der Waals surface area contributed by atoms with Gasteiger partial charge in [-0.3, -0.25) is 0 Å². The van der Waals surface area contributed by atoms with E-state index in [1.165, 1.54) is 4.90 Å². The molecule has 0 spiro atoms. The normalized spacial score (nSPS) is 25.2. The maximum atomic E-state index is 10.4. The highest BCUT2D eigenvalue weighted by molar-refractivity contribution is 6.18. The van der Waals surface area contributed by atoms with E-state index in [1.54, 1.807) is 0 Å². The highest BCUT2D eigenvalue weighted by atomic mass is 35.5. The number of ether oxygens (including phenoxy) is 1. The number of carboxylic acid groups (broad SMARTS) is 1. The van der Waals surface area contributed by atoms with Gasteiger partial charge in [0, 0.05) is 6.54 Å². The summed E-state index contributed by atoms with van der Waals surface area (Å²) in [5.41, 5.74) is 0. The molecule has 4 nitrogen and oxygen atoms in total. The fraction of sp³-hybridized carbons (Fsp3) is 0.833. The van der Waals surface area contributed by atoms with Crippen LogP contribution in [0.4, 0.5) is 4.79 Å². The highest BCUT2D eigenvalue weighted by Gasteiger charge is 2.22. The molecule has 11 heavy (non-hydrogen) atoms. The monoisotopic (exact) mass is 179 g/mol. The molecule has 1 aliphatic heterocycles. The molecule has 0 bridgehead atoms. The first-order chi connectivity index (χ1) is 5.24. The lowest BCUT2D eigenvalue weighted by atomic mass is 10.3. The summed E-state index contributed by atoms with van der Waals surface area (Å²) in [5.74, 6) is 0.351. The number of amides is 1. The van der Waals surface area contributed by atoms with Gasteiger partial charge in [-0.1, -0.05) is 0 Å². The molecule has 0 aliphatic carbocycles. The molecule has 1 fully saturated rings. The Morgan fingerprint density at radius 3 is 3.09 bits per heavy atom. The summed E-state index contributed by atoms with van der Waals surface area (Å²) in [7, 11) is 0. The summed E-state index contributed by atoms with van der Waals surface area (Å²) in [5, 5.41) is 8.58. The maximum absolute atomic E-state index is 10.4. The van der Waals surface area contributed by atoms with Crippen molar-refractivity contribution in [1.29, 1.82) is 0 Å². The molecule has 1 saturated heterocycles. The second-order valence-electron chi connectivity index (χ2n) is 2.38. The number of hydrogen-bond acceptors (Lipinski definition) is 2. The summed E-state index contributed by atoms with van der Waals surface area (Å²) in [6, 6.07) is 0. The summed E-state index contributed by atoms with van der Waals surface area (Å²) in [4.78, 5) is 11.8. The van der Waals surface area contributed by atoms with Crippen LogP contribution in [0.2, 0.25) is 0 Å². The van der Waals surface area contributed by atoms with Crippen LogP contribution >= 0.6 is 11.6 Å². The first kappa shape index (κ1) is 8.62. The minimum Gasteiger partial charge on any atom is -0.465 e. The number of hydrogen-bond donors (Lipinski definition) is 1. The lowest BCUT2D eigenvalue weighted by Crippen LogP contribution is -2.45. The van der Waals surface area contributed by atoms with Crippen molar-refractivity contribution in [2.75, 3.05) is 25.6 Å². The Kier molecular flexibility index (Phi) is 2.96. The molecule has 1 amide bonds. The van der Waals surface area contributed by atoms with E-state index in [2.05, 4.69) is 0 Å². The van der Waals surface area contributed by atoms with Crippen LogP contribution in [0.3, 0.4) is 0 Å². The van der Waals surface area contributed by atoms with Crippen molar-refractivity contribution in [2.24, 2.45) is 0 Å².